The summed E-state index contributed by atoms with van der Waals surface area (Å²) < 4.78 is 6.27. The number of anilines is 3. The van der Waals surface area contributed by atoms with Crippen LogP contribution in [-0.2, 0) is 5.41 Å². The van der Waals surface area contributed by atoms with Crippen molar-refractivity contribution in [1.82, 2.24) is 0 Å². The van der Waals surface area contributed by atoms with E-state index in [0.717, 1.165) is 44.6 Å². The highest BCUT2D eigenvalue weighted by atomic mass is 16.3. The molecule has 0 saturated carbocycles. The minimum Gasteiger partial charge on any atom is -0.456 e. The third kappa shape index (κ3) is 6.02. The second-order valence-electron chi connectivity index (χ2n) is 16.4. The maximum Gasteiger partial charge on any atom is 0.135 e. The van der Waals surface area contributed by atoms with Crippen LogP contribution in [0.1, 0.15) is 22.3 Å². The number of nitrogens with zero attached hydrogens (tertiary/aromatic N) is 1. The Morgan fingerprint density at radius 2 is 0.762 bits per heavy atom. The standard InChI is InChI=1S/C61H41NO/c1-5-17-42(18-6-1)43-29-33-48(34-30-43)62(50-37-38-60-56(39-50)52-26-14-16-28-59(52)63-60)49-35-31-45(32-36-49)53-40-55-51-25-13-15-27-57(51)61(46-21-9-3-10-22-46,47-23-11-4-12-24-47)58(55)41-54(53)44-19-7-2-8-20-44/h1-41H. The topological polar surface area (TPSA) is 16.4 Å². The van der Waals surface area contributed by atoms with E-state index in [4.69, 9.17) is 4.42 Å². The monoisotopic (exact) mass is 803 g/mol. The Morgan fingerprint density at radius 1 is 0.286 bits per heavy atom. The number of para-hydroxylation sites is 1. The average molecular weight is 804 g/mol. The zero-order valence-electron chi connectivity index (χ0n) is 34.5. The van der Waals surface area contributed by atoms with Crippen molar-refractivity contribution in [2.75, 3.05) is 4.90 Å². The van der Waals surface area contributed by atoms with Gasteiger partial charge in [0, 0.05) is 27.8 Å². The first-order chi connectivity index (χ1) is 31.2. The Hall–Kier alpha value is -8.20. The van der Waals surface area contributed by atoms with Crippen molar-refractivity contribution in [3.63, 3.8) is 0 Å². The fraction of sp³-hybridized carbons (Fsp3) is 0.0164. The summed E-state index contributed by atoms with van der Waals surface area (Å²) in [7, 11) is 0. The largest absolute Gasteiger partial charge is 0.456 e. The van der Waals surface area contributed by atoms with Gasteiger partial charge in [-0.2, -0.15) is 0 Å². The number of furan rings is 1. The summed E-state index contributed by atoms with van der Waals surface area (Å²) in [5, 5.41) is 2.21. The molecule has 0 N–H and O–H groups in total. The molecule has 0 spiro atoms. The van der Waals surface area contributed by atoms with Gasteiger partial charge < -0.3 is 9.32 Å². The average Bonchev–Trinajstić information content (AvgIpc) is 3.88. The van der Waals surface area contributed by atoms with Gasteiger partial charge >= 0.3 is 0 Å². The fourth-order valence-electron chi connectivity index (χ4n) is 10.1. The van der Waals surface area contributed by atoms with Crippen LogP contribution >= 0.6 is 0 Å². The summed E-state index contributed by atoms with van der Waals surface area (Å²) in [5.74, 6) is 0. The molecule has 63 heavy (non-hydrogen) atoms. The van der Waals surface area contributed by atoms with Gasteiger partial charge in [-0.05, 0) is 127 Å². The van der Waals surface area contributed by atoms with E-state index in [2.05, 4.69) is 241 Å². The van der Waals surface area contributed by atoms with Gasteiger partial charge in [0.05, 0.1) is 5.41 Å². The Bertz CT molecular complexity index is 3370. The Morgan fingerprint density at radius 3 is 1.43 bits per heavy atom. The summed E-state index contributed by atoms with van der Waals surface area (Å²) in [5.41, 5.74) is 19.3. The van der Waals surface area contributed by atoms with Crippen molar-refractivity contribution >= 4 is 39.0 Å². The van der Waals surface area contributed by atoms with Gasteiger partial charge in [0.15, 0.2) is 0 Å². The maximum absolute atomic E-state index is 6.27. The minimum atomic E-state index is -0.488. The first-order valence-electron chi connectivity index (χ1n) is 21.7. The van der Waals surface area contributed by atoms with Crippen molar-refractivity contribution < 1.29 is 4.42 Å². The minimum absolute atomic E-state index is 0.488. The van der Waals surface area contributed by atoms with E-state index in [1.807, 2.05) is 12.1 Å². The molecule has 1 aromatic heterocycles. The molecule has 0 unspecified atom stereocenters. The number of fused-ring (bicyclic) bond motifs is 6. The molecule has 10 aromatic carbocycles. The smallest absolute Gasteiger partial charge is 0.135 e. The zero-order valence-corrected chi connectivity index (χ0v) is 34.5. The quantitative estimate of drug-likeness (QED) is 0.152. The summed E-state index contributed by atoms with van der Waals surface area (Å²) >= 11 is 0. The first kappa shape index (κ1) is 36.6. The van der Waals surface area contributed by atoms with Gasteiger partial charge in [0.1, 0.15) is 11.2 Å². The number of rotatable bonds is 8. The van der Waals surface area contributed by atoms with Gasteiger partial charge in [0.25, 0.3) is 0 Å². The molecule has 1 aliphatic rings. The highest BCUT2D eigenvalue weighted by Gasteiger charge is 2.46. The first-order valence-corrected chi connectivity index (χ1v) is 21.7. The molecule has 11 aromatic rings. The van der Waals surface area contributed by atoms with Crippen LogP contribution in [0.5, 0.6) is 0 Å². The van der Waals surface area contributed by atoms with Crippen LogP contribution in [0.15, 0.2) is 253 Å². The van der Waals surface area contributed by atoms with Gasteiger partial charge in [-0.15, -0.1) is 0 Å². The molecule has 2 nitrogen and oxygen atoms in total. The molecule has 0 aliphatic heterocycles. The molecule has 296 valence electrons. The predicted molar refractivity (Wildman–Crippen MR) is 262 cm³/mol. The SMILES string of the molecule is c1ccc(-c2ccc(N(c3ccc(-c4cc5c(cc4-c4ccccc4)C(c4ccccc4)(c4ccccc4)c4ccccc4-5)cc3)c3ccc4oc5ccccc5c4c3)cc2)cc1. The van der Waals surface area contributed by atoms with Gasteiger partial charge in [-0.3, -0.25) is 0 Å². The zero-order chi connectivity index (χ0) is 41.7. The molecule has 0 atom stereocenters. The lowest BCUT2D eigenvalue weighted by atomic mass is 9.67. The van der Waals surface area contributed by atoms with Crippen LogP contribution in [-0.4, -0.2) is 0 Å². The summed E-state index contributed by atoms with van der Waals surface area (Å²) in [6.45, 7) is 0. The van der Waals surface area contributed by atoms with Crippen LogP contribution in [0, 0.1) is 0 Å². The van der Waals surface area contributed by atoms with Gasteiger partial charge in [-0.1, -0.05) is 188 Å². The molecule has 0 bridgehead atoms. The van der Waals surface area contributed by atoms with E-state index in [0.29, 0.717) is 0 Å². The lowest BCUT2D eigenvalue weighted by Gasteiger charge is -2.34. The third-order valence-electron chi connectivity index (χ3n) is 13.0. The van der Waals surface area contributed by atoms with Crippen LogP contribution in [0.4, 0.5) is 17.1 Å². The van der Waals surface area contributed by atoms with Crippen molar-refractivity contribution in [2.24, 2.45) is 0 Å². The molecule has 12 rings (SSSR count). The maximum atomic E-state index is 6.27. The molecular formula is C61H41NO. The van der Waals surface area contributed by atoms with E-state index in [1.54, 1.807) is 0 Å². The fourth-order valence-corrected chi connectivity index (χ4v) is 10.1. The molecule has 0 fully saturated rings. The number of hydrogen-bond donors (Lipinski definition) is 0. The van der Waals surface area contributed by atoms with Gasteiger partial charge in [0.2, 0.25) is 0 Å². The molecule has 0 radical (unpaired) electrons. The van der Waals surface area contributed by atoms with E-state index in [9.17, 15) is 0 Å². The third-order valence-corrected chi connectivity index (χ3v) is 13.0. The highest BCUT2D eigenvalue weighted by molar-refractivity contribution is 6.06. The lowest BCUT2D eigenvalue weighted by molar-refractivity contribution is 0.669. The summed E-state index contributed by atoms with van der Waals surface area (Å²) in [4.78, 5) is 2.35. The predicted octanol–water partition coefficient (Wildman–Crippen LogP) is 16.4. The lowest BCUT2D eigenvalue weighted by Crippen LogP contribution is -2.28. The van der Waals surface area contributed by atoms with E-state index in [1.165, 1.54) is 61.2 Å². The van der Waals surface area contributed by atoms with Crippen molar-refractivity contribution in [2.45, 2.75) is 5.41 Å². The van der Waals surface area contributed by atoms with Crippen molar-refractivity contribution in [3.8, 4) is 44.5 Å². The Kier molecular flexibility index (Phi) is 8.76. The Labute approximate surface area is 367 Å². The Balaban J connectivity index is 1.04. The van der Waals surface area contributed by atoms with Gasteiger partial charge in [-0.25, -0.2) is 0 Å². The van der Waals surface area contributed by atoms with Crippen LogP contribution in [0.25, 0.3) is 66.4 Å². The molecule has 1 aliphatic carbocycles. The normalized spacial score (nSPS) is 12.6. The second kappa shape index (κ2) is 15.1. The number of hydrogen-bond acceptors (Lipinski definition) is 2. The highest BCUT2D eigenvalue weighted by Crippen LogP contribution is 2.58. The summed E-state index contributed by atoms with van der Waals surface area (Å²) in [6.07, 6.45) is 0. The van der Waals surface area contributed by atoms with Crippen LogP contribution in [0.2, 0.25) is 0 Å². The molecule has 1 heterocycles. The van der Waals surface area contributed by atoms with Crippen molar-refractivity contribution in [1.29, 1.82) is 0 Å². The van der Waals surface area contributed by atoms with E-state index >= 15 is 0 Å². The van der Waals surface area contributed by atoms with E-state index < -0.39 is 5.41 Å². The van der Waals surface area contributed by atoms with Crippen LogP contribution < -0.4 is 4.90 Å². The number of benzene rings is 10. The molecule has 2 heteroatoms. The van der Waals surface area contributed by atoms with Crippen LogP contribution in [0.3, 0.4) is 0 Å². The molecular weight excluding hydrogens is 763 g/mol. The molecule has 0 saturated heterocycles. The summed E-state index contributed by atoms with van der Waals surface area (Å²) in [6, 6.07) is 90.3. The second-order valence-corrected chi connectivity index (χ2v) is 16.4. The molecule has 0 amide bonds. The van der Waals surface area contributed by atoms with E-state index in [-0.39, 0.29) is 0 Å². The van der Waals surface area contributed by atoms with Crippen molar-refractivity contribution in [3.05, 3.63) is 271 Å².